The second-order valence-electron chi connectivity index (χ2n) is 13.0. The third-order valence-electron chi connectivity index (χ3n) is 8.35. The van der Waals surface area contributed by atoms with Gasteiger partial charge in [0.2, 0.25) is 5.95 Å². The van der Waals surface area contributed by atoms with Crippen LogP contribution in [0.5, 0.6) is 0 Å². The van der Waals surface area contributed by atoms with Gasteiger partial charge in [-0.3, -0.25) is 14.9 Å². The molecule has 0 radical (unpaired) electrons. The highest BCUT2D eigenvalue weighted by atomic mass is 35.5. The molecule has 1 fully saturated rings. The molecule has 0 aliphatic carbocycles. The molecule has 1 aliphatic rings. The quantitative estimate of drug-likeness (QED) is 0.194. The molecule has 10 nitrogen and oxygen atoms in total. The molecule has 45 heavy (non-hydrogen) atoms. The fourth-order valence-corrected chi connectivity index (χ4v) is 5.64. The molecule has 3 amide bonds. The van der Waals surface area contributed by atoms with E-state index in [4.69, 9.17) is 16.6 Å². The summed E-state index contributed by atoms with van der Waals surface area (Å²) in [5.74, 6) is -0.313. The number of nitrogens with one attached hydrogen (secondary N) is 1. The molecule has 0 saturated carbocycles. The van der Waals surface area contributed by atoms with Gasteiger partial charge in [-0.25, -0.2) is 9.78 Å². The van der Waals surface area contributed by atoms with Crippen LogP contribution in [0.2, 0.25) is 5.02 Å². The summed E-state index contributed by atoms with van der Waals surface area (Å²) in [6.45, 7) is 12.8. The maximum atomic E-state index is 13.4. The third kappa shape index (κ3) is 7.84. The van der Waals surface area contributed by atoms with Gasteiger partial charge in [0.05, 0.1) is 17.1 Å². The largest absolute Gasteiger partial charge is 0.465 e. The van der Waals surface area contributed by atoms with E-state index in [1.807, 2.05) is 64.3 Å². The average Bonchev–Trinajstić information content (AvgIpc) is 3.57. The number of rotatable bonds is 9. The van der Waals surface area contributed by atoms with Gasteiger partial charge in [-0.05, 0) is 73.1 Å². The molecule has 1 aliphatic heterocycles. The first-order valence-corrected chi connectivity index (χ1v) is 15.6. The Morgan fingerprint density at radius 2 is 1.87 bits per heavy atom. The van der Waals surface area contributed by atoms with E-state index in [2.05, 4.69) is 11.4 Å². The summed E-state index contributed by atoms with van der Waals surface area (Å²) in [6.07, 6.45) is 2.20. The van der Waals surface area contributed by atoms with Crippen LogP contribution in [-0.2, 0) is 17.9 Å². The summed E-state index contributed by atoms with van der Waals surface area (Å²) >= 11 is 6.02. The minimum atomic E-state index is -1.01. The van der Waals surface area contributed by atoms with Crippen LogP contribution in [0.15, 0.2) is 54.1 Å². The number of benzene rings is 2. The van der Waals surface area contributed by atoms with Crippen molar-refractivity contribution in [1.29, 1.82) is 5.26 Å². The van der Waals surface area contributed by atoms with Gasteiger partial charge >= 0.3 is 6.09 Å². The molecule has 0 bridgehead atoms. The van der Waals surface area contributed by atoms with Crippen molar-refractivity contribution in [2.24, 2.45) is 11.3 Å². The molecule has 238 valence electrons. The number of nitrogens with zero attached hydrogens (tertiary/aromatic N) is 5. The van der Waals surface area contributed by atoms with E-state index in [1.54, 1.807) is 35.2 Å². The van der Waals surface area contributed by atoms with Crippen molar-refractivity contribution in [3.05, 3.63) is 70.3 Å². The predicted octanol–water partition coefficient (Wildman–Crippen LogP) is 6.95. The van der Waals surface area contributed by atoms with Crippen LogP contribution in [0.4, 0.5) is 10.7 Å². The molecule has 11 heteroatoms. The summed E-state index contributed by atoms with van der Waals surface area (Å²) in [7, 11) is 0. The zero-order valence-electron chi connectivity index (χ0n) is 26.7. The van der Waals surface area contributed by atoms with Gasteiger partial charge in [0.15, 0.2) is 0 Å². The van der Waals surface area contributed by atoms with E-state index >= 15 is 0 Å². The lowest BCUT2D eigenvalue weighted by Crippen LogP contribution is -2.44. The maximum absolute atomic E-state index is 13.4. The summed E-state index contributed by atoms with van der Waals surface area (Å²) in [6, 6.07) is 13.7. The Balaban J connectivity index is 1.72. The number of allylic oxidation sites excluding steroid dienone is 1. The van der Waals surface area contributed by atoms with E-state index < -0.39 is 6.09 Å². The molecule has 0 spiro atoms. The first-order valence-electron chi connectivity index (χ1n) is 15.2. The summed E-state index contributed by atoms with van der Waals surface area (Å²) < 4.78 is 1.88. The van der Waals surface area contributed by atoms with Crippen LogP contribution in [0.1, 0.15) is 70.3 Å². The highest BCUT2D eigenvalue weighted by Gasteiger charge is 2.33. The average molecular weight is 633 g/mol. The van der Waals surface area contributed by atoms with Gasteiger partial charge in [-0.1, -0.05) is 58.4 Å². The number of imidazole rings is 1. The van der Waals surface area contributed by atoms with Gasteiger partial charge in [0.1, 0.15) is 11.6 Å². The monoisotopic (exact) mass is 632 g/mol. The molecule has 2 atom stereocenters. The molecule has 4 rings (SSSR count). The number of likely N-dealkylation sites (tertiary alicyclic amines) is 1. The van der Waals surface area contributed by atoms with Crippen LogP contribution in [0, 0.1) is 22.7 Å². The Hall–Kier alpha value is -4.36. The number of carbonyl (C=O) groups excluding carboxylic acids is 2. The number of carboxylic acid groups (broad SMARTS) is 1. The smallest absolute Gasteiger partial charge is 0.407 e. The number of anilines is 1. The Morgan fingerprint density at radius 3 is 2.47 bits per heavy atom. The minimum Gasteiger partial charge on any atom is -0.465 e. The Kier molecular flexibility index (Phi) is 10.2. The van der Waals surface area contributed by atoms with E-state index in [-0.39, 0.29) is 47.3 Å². The van der Waals surface area contributed by atoms with Crippen LogP contribution < -0.4 is 5.32 Å². The second kappa shape index (κ2) is 13.7. The normalized spacial score (nSPS) is 16.1. The van der Waals surface area contributed by atoms with Crippen molar-refractivity contribution in [2.45, 2.75) is 79.6 Å². The van der Waals surface area contributed by atoms with Crippen molar-refractivity contribution in [3.63, 3.8) is 0 Å². The number of carbonyl (C=O) groups is 3. The number of halogens is 1. The number of hydrogen-bond donors (Lipinski definition) is 2. The van der Waals surface area contributed by atoms with Gasteiger partial charge < -0.3 is 19.5 Å². The van der Waals surface area contributed by atoms with E-state index in [9.17, 15) is 24.8 Å². The van der Waals surface area contributed by atoms with Crippen LogP contribution in [-0.4, -0.2) is 61.0 Å². The van der Waals surface area contributed by atoms with Crippen LogP contribution >= 0.6 is 11.6 Å². The zero-order chi connectivity index (χ0) is 33.1. The number of aromatic nitrogens is 2. The van der Waals surface area contributed by atoms with Crippen LogP contribution in [0.25, 0.3) is 11.0 Å². The van der Waals surface area contributed by atoms with Gasteiger partial charge in [0.25, 0.3) is 11.8 Å². The predicted molar refractivity (Wildman–Crippen MR) is 175 cm³/mol. The third-order valence-corrected chi connectivity index (χ3v) is 8.60. The van der Waals surface area contributed by atoms with Crippen LogP contribution in [0.3, 0.4) is 0 Å². The lowest BCUT2D eigenvalue weighted by atomic mass is 9.87. The first kappa shape index (κ1) is 33.5. The van der Waals surface area contributed by atoms with Crippen molar-refractivity contribution in [1.82, 2.24) is 19.4 Å². The van der Waals surface area contributed by atoms with Gasteiger partial charge in [-0.15, -0.1) is 0 Å². The topological polar surface area (TPSA) is 132 Å². The molecule has 1 saturated heterocycles. The van der Waals surface area contributed by atoms with Crippen molar-refractivity contribution < 1.29 is 19.5 Å². The van der Waals surface area contributed by atoms with Gasteiger partial charge in [0, 0.05) is 36.3 Å². The SMILES string of the molecule is CC(C)C=C(C#N)C(=O)N1CCCC1Cn1c(NC(=O)c2ccc(Cl)cc2)nc2cc(CN(C(=O)O)C(C)C(C)(C)C)ccc21. The van der Waals surface area contributed by atoms with Crippen molar-refractivity contribution >= 4 is 46.5 Å². The maximum Gasteiger partial charge on any atom is 0.407 e. The van der Waals surface area contributed by atoms with E-state index in [0.29, 0.717) is 35.1 Å². The van der Waals surface area contributed by atoms with Crippen molar-refractivity contribution in [3.8, 4) is 6.07 Å². The molecular weight excluding hydrogens is 592 g/mol. The lowest BCUT2D eigenvalue weighted by Gasteiger charge is -2.36. The lowest BCUT2D eigenvalue weighted by molar-refractivity contribution is -0.127. The number of fused-ring (bicyclic) bond motifs is 1. The van der Waals surface area contributed by atoms with Gasteiger partial charge in [-0.2, -0.15) is 5.26 Å². The minimum absolute atomic E-state index is 0.0505. The molecular formula is C34H41ClN6O4. The fraction of sp³-hybridized carbons (Fsp3) is 0.441. The number of amides is 3. The summed E-state index contributed by atoms with van der Waals surface area (Å²) in [5, 5.41) is 23.1. The molecule has 2 N–H and O–H groups in total. The molecule has 2 unspecified atom stereocenters. The standard InChI is InChI=1S/C34H41ClN6O4/c1-21(2)16-25(18-36)31(43)39-15-7-8-27(39)20-41-29-14-9-23(19-40(33(44)45)22(3)34(4,5)6)17-28(29)37-32(41)38-30(42)24-10-12-26(35)13-11-24/h9-14,16-17,21-22,27H,7-8,15,19-20H2,1-6H3,(H,44,45)(H,37,38,42). The molecule has 3 aromatic rings. The summed E-state index contributed by atoms with van der Waals surface area (Å²) in [5.41, 5.74) is 2.34. The molecule has 2 heterocycles. The highest BCUT2D eigenvalue weighted by Crippen LogP contribution is 2.29. The Bertz CT molecular complexity index is 1650. The zero-order valence-corrected chi connectivity index (χ0v) is 27.4. The fourth-order valence-electron chi connectivity index (χ4n) is 5.51. The Labute approximate surface area is 269 Å². The van der Waals surface area contributed by atoms with Crippen molar-refractivity contribution in [2.75, 3.05) is 11.9 Å². The second-order valence-corrected chi connectivity index (χ2v) is 13.4. The number of hydrogen-bond acceptors (Lipinski definition) is 5. The van der Waals surface area contributed by atoms with E-state index in [0.717, 1.165) is 23.9 Å². The number of nitriles is 1. The molecule has 2 aromatic carbocycles. The Morgan fingerprint density at radius 1 is 1.18 bits per heavy atom. The highest BCUT2D eigenvalue weighted by molar-refractivity contribution is 6.30. The first-order chi connectivity index (χ1) is 21.2. The van der Waals surface area contributed by atoms with E-state index in [1.165, 1.54) is 4.90 Å². The summed E-state index contributed by atoms with van der Waals surface area (Å²) in [4.78, 5) is 46.8. The molecule has 1 aromatic heterocycles.